The molecule has 104 valence electrons. The average Bonchev–Trinajstić information content (AvgIpc) is 3.18. The van der Waals surface area contributed by atoms with Crippen LogP contribution in [0.4, 0.5) is 0 Å². The molecule has 0 unspecified atom stereocenters. The first-order valence-corrected chi connectivity index (χ1v) is 6.91. The molecule has 0 heterocycles. The number of ether oxygens (including phenoxy) is 1. The molecular formula is C16H23NO2. The molecule has 0 aromatic heterocycles. The van der Waals surface area contributed by atoms with E-state index in [1.54, 1.807) is 7.11 Å². The Morgan fingerprint density at radius 3 is 2.58 bits per heavy atom. The number of ketones is 1. The van der Waals surface area contributed by atoms with E-state index in [-0.39, 0.29) is 11.2 Å². The molecule has 1 aliphatic carbocycles. The second-order valence-corrected chi connectivity index (χ2v) is 5.75. The lowest BCUT2D eigenvalue weighted by Gasteiger charge is -2.17. The van der Waals surface area contributed by atoms with Crippen LogP contribution in [-0.4, -0.2) is 26.5 Å². The number of Topliss-reactive ketones (excluding diaryl/α,β-unsaturated/α-hetero) is 1. The van der Waals surface area contributed by atoms with E-state index in [1.165, 1.54) is 5.56 Å². The van der Waals surface area contributed by atoms with Gasteiger partial charge in [-0.25, -0.2) is 0 Å². The van der Waals surface area contributed by atoms with Crippen molar-refractivity contribution < 1.29 is 9.53 Å². The Bertz CT molecular complexity index is 476. The SMILES string of the molecule is CNCC1(C(=O)c2ccc(C(C)C)cc2OC)CC1. The minimum Gasteiger partial charge on any atom is -0.496 e. The lowest BCUT2D eigenvalue weighted by molar-refractivity contribution is 0.0897. The highest BCUT2D eigenvalue weighted by Gasteiger charge is 2.49. The first-order chi connectivity index (χ1) is 9.04. The number of rotatable bonds is 6. The van der Waals surface area contributed by atoms with Crippen molar-refractivity contribution in [3.63, 3.8) is 0 Å². The molecule has 0 bridgehead atoms. The molecule has 0 atom stereocenters. The van der Waals surface area contributed by atoms with Crippen molar-refractivity contribution >= 4 is 5.78 Å². The van der Waals surface area contributed by atoms with Gasteiger partial charge in [-0.1, -0.05) is 19.9 Å². The van der Waals surface area contributed by atoms with Gasteiger partial charge in [0.25, 0.3) is 0 Å². The van der Waals surface area contributed by atoms with Gasteiger partial charge < -0.3 is 10.1 Å². The third-order valence-corrected chi connectivity index (χ3v) is 3.99. The molecule has 1 aromatic carbocycles. The fourth-order valence-electron chi connectivity index (χ4n) is 2.51. The van der Waals surface area contributed by atoms with Crippen LogP contribution in [0.3, 0.4) is 0 Å². The van der Waals surface area contributed by atoms with Gasteiger partial charge in [-0.3, -0.25) is 4.79 Å². The molecule has 0 aliphatic heterocycles. The fourth-order valence-corrected chi connectivity index (χ4v) is 2.51. The van der Waals surface area contributed by atoms with Crippen LogP contribution in [0.15, 0.2) is 18.2 Å². The Morgan fingerprint density at radius 1 is 1.42 bits per heavy atom. The van der Waals surface area contributed by atoms with Gasteiger partial charge in [0.15, 0.2) is 5.78 Å². The number of carbonyl (C=O) groups is 1. The molecule has 1 N–H and O–H groups in total. The van der Waals surface area contributed by atoms with Crippen LogP contribution in [-0.2, 0) is 0 Å². The van der Waals surface area contributed by atoms with Gasteiger partial charge in [-0.15, -0.1) is 0 Å². The van der Waals surface area contributed by atoms with Gasteiger partial charge >= 0.3 is 0 Å². The molecule has 0 saturated heterocycles. The molecule has 1 aromatic rings. The van der Waals surface area contributed by atoms with Gasteiger partial charge in [0.05, 0.1) is 12.7 Å². The normalized spacial score (nSPS) is 16.5. The number of nitrogens with one attached hydrogen (secondary N) is 1. The Hall–Kier alpha value is -1.35. The second kappa shape index (κ2) is 5.33. The third-order valence-electron chi connectivity index (χ3n) is 3.99. The zero-order valence-electron chi connectivity index (χ0n) is 12.2. The van der Waals surface area contributed by atoms with E-state index in [0.717, 1.165) is 24.9 Å². The minimum atomic E-state index is -0.193. The van der Waals surface area contributed by atoms with Crippen LogP contribution in [0.5, 0.6) is 5.75 Å². The number of methoxy groups -OCH3 is 1. The van der Waals surface area contributed by atoms with E-state index >= 15 is 0 Å². The molecule has 3 nitrogen and oxygen atoms in total. The van der Waals surface area contributed by atoms with Crippen molar-refractivity contribution in [2.45, 2.75) is 32.6 Å². The summed E-state index contributed by atoms with van der Waals surface area (Å²) in [4.78, 5) is 12.7. The van der Waals surface area contributed by atoms with Crippen molar-refractivity contribution in [2.75, 3.05) is 20.7 Å². The van der Waals surface area contributed by atoms with E-state index in [0.29, 0.717) is 11.7 Å². The lowest BCUT2D eigenvalue weighted by atomic mass is 9.92. The molecule has 2 rings (SSSR count). The largest absolute Gasteiger partial charge is 0.496 e. The monoisotopic (exact) mass is 261 g/mol. The number of hydrogen-bond acceptors (Lipinski definition) is 3. The maximum absolute atomic E-state index is 12.7. The average molecular weight is 261 g/mol. The van der Waals surface area contributed by atoms with Crippen LogP contribution in [0.1, 0.15) is 48.5 Å². The van der Waals surface area contributed by atoms with Crippen molar-refractivity contribution in [1.82, 2.24) is 5.32 Å². The quantitative estimate of drug-likeness (QED) is 0.800. The molecule has 0 spiro atoms. The van der Waals surface area contributed by atoms with Gasteiger partial charge in [-0.2, -0.15) is 0 Å². The van der Waals surface area contributed by atoms with Crippen molar-refractivity contribution in [2.24, 2.45) is 5.41 Å². The summed E-state index contributed by atoms with van der Waals surface area (Å²) >= 11 is 0. The Morgan fingerprint density at radius 2 is 2.11 bits per heavy atom. The number of hydrogen-bond donors (Lipinski definition) is 1. The van der Waals surface area contributed by atoms with E-state index in [2.05, 4.69) is 19.2 Å². The predicted molar refractivity (Wildman–Crippen MR) is 77.0 cm³/mol. The highest BCUT2D eigenvalue weighted by Crippen LogP contribution is 2.48. The zero-order chi connectivity index (χ0) is 14.0. The van der Waals surface area contributed by atoms with Crippen LogP contribution in [0.2, 0.25) is 0 Å². The molecule has 0 amide bonds. The highest BCUT2D eigenvalue weighted by atomic mass is 16.5. The topological polar surface area (TPSA) is 38.3 Å². The van der Waals surface area contributed by atoms with Crippen LogP contribution in [0.25, 0.3) is 0 Å². The Balaban J connectivity index is 2.32. The fraction of sp³-hybridized carbons (Fsp3) is 0.562. The molecule has 0 radical (unpaired) electrons. The van der Waals surface area contributed by atoms with Gasteiger partial charge in [0.2, 0.25) is 0 Å². The summed E-state index contributed by atoms with van der Waals surface area (Å²) in [6.45, 7) is 5.03. The van der Waals surface area contributed by atoms with Crippen LogP contribution >= 0.6 is 0 Å². The summed E-state index contributed by atoms with van der Waals surface area (Å²) in [5.74, 6) is 1.36. The van der Waals surface area contributed by atoms with E-state index in [1.807, 2.05) is 25.2 Å². The molecule has 1 aliphatic rings. The van der Waals surface area contributed by atoms with Crippen LogP contribution in [0, 0.1) is 5.41 Å². The zero-order valence-corrected chi connectivity index (χ0v) is 12.2. The smallest absolute Gasteiger partial charge is 0.173 e. The van der Waals surface area contributed by atoms with Crippen molar-refractivity contribution in [3.8, 4) is 5.75 Å². The summed E-state index contributed by atoms with van der Waals surface area (Å²) in [7, 11) is 3.53. The van der Waals surface area contributed by atoms with Gasteiger partial charge in [0.1, 0.15) is 5.75 Å². The van der Waals surface area contributed by atoms with Crippen molar-refractivity contribution in [1.29, 1.82) is 0 Å². The standard InChI is InChI=1S/C16H23NO2/c1-11(2)12-5-6-13(14(9-12)19-4)15(18)16(7-8-16)10-17-3/h5-6,9,11,17H,7-8,10H2,1-4H3. The number of benzene rings is 1. The Labute approximate surface area is 115 Å². The summed E-state index contributed by atoms with van der Waals surface area (Å²) in [6.07, 6.45) is 1.95. The van der Waals surface area contributed by atoms with E-state index in [4.69, 9.17) is 4.74 Å². The number of carbonyl (C=O) groups excluding carboxylic acids is 1. The summed E-state index contributed by atoms with van der Waals surface area (Å²) < 4.78 is 5.42. The second-order valence-electron chi connectivity index (χ2n) is 5.75. The first-order valence-electron chi connectivity index (χ1n) is 6.91. The first kappa shape index (κ1) is 14.1. The van der Waals surface area contributed by atoms with E-state index < -0.39 is 0 Å². The highest BCUT2D eigenvalue weighted by molar-refractivity contribution is 6.04. The van der Waals surface area contributed by atoms with Crippen molar-refractivity contribution in [3.05, 3.63) is 29.3 Å². The molecular weight excluding hydrogens is 238 g/mol. The molecule has 1 saturated carbocycles. The van der Waals surface area contributed by atoms with Gasteiger partial charge in [-0.05, 0) is 43.5 Å². The molecule has 3 heteroatoms. The summed E-state index contributed by atoms with van der Waals surface area (Å²) in [6, 6.07) is 5.95. The molecule has 19 heavy (non-hydrogen) atoms. The third kappa shape index (κ3) is 2.66. The van der Waals surface area contributed by atoms with E-state index in [9.17, 15) is 4.79 Å². The lowest BCUT2D eigenvalue weighted by Crippen LogP contribution is -2.28. The maximum atomic E-state index is 12.7. The maximum Gasteiger partial charge on any atom is 0.173 e. The minimum absolute atomic E-state index is 0.193. The van der Waals surface area contributed by atoms with Crippen LogP contribution < -0.4 is 10.1 Å². The van der Waals surface area contributed by atoms with Gasteiger partial charge in [0, 0.05) is 12.0 Å². The summed E-state index contributed by atoms with van der Waals surface area (Å²) in [5.41, 5.74) is 1.73. The molecule has 1 fully saturated rings. The summed E-state index contributed by atoms with van der Waals surface area (Å²) in [5, 5.41) is 3.13. The Kier molecular flexibility index (Phi) is 3.95. The predicted octanol–water partition coefficient (Wildman–Crippen LogP) is 3.00.